The molecule has 1 N–H and O–H groups in total. The fraction of sp³-hybridized carbons (Fsp3) is 0.118. The third-order valence-corrected chi connectivity index (χ3v) is 3.54. The van der Waals surface area contributed by atoms with E-state index in [1.54, 1.807) is 25.3 Å². The molecule has 0 aliphatic heterocycles. The van der Waals surface area contributed by atoms with Gasteiger partial charge in [-0.25, -0.2) is 0 Å². The van der Waals surface area contributed by atoms with Gasteiger partial charge in [-0.3, -0.25) is 4.79 Å². The van der Waals surface area contributed by atoms with Crippen molar-refractivity contribution in [3.05, 3.63) is 70.7 Å². The number of ether oxygens (including phenoxy) is 1. The van der Waals surface area contributed by atoms with E-state index >= 15 is 0 Å². The fourth-order valence-corrected chi connectivity index (χ4v) is 2.24. The van der Waals surface area contributed by atoms with Crippen LogP contribution < -0.4 is 10.1 Å². The van der Waals surface area contributed by atoms with Crippen LogP contribution in [0, 0.1) is 0 Å². The first-order chi connectivity index (χ1) is 10.1. The molecule has 108 valence electrons. The van der Waals surface area contributed by atoms with Crippen LogP contribution in [0.15, 0.2) is 59.6 Å². The highest BCUT2D eigenvalue weighted by Crippen LogP contribution is 2.22. The number of anilines is 1. The van der Waals surface area contributed by atoms with Gasteiger partial charge < -0.3 is 10.1 Å². The molecular formula is C17H16BrNO2. The fourth-order valence-electron chi connectivity index (χ4n) is 1.97. The van der Waals surface area contributed by atoms with Crippen molar-refractivity contribution in [3.63, 3.8) is 0 Å². The quantitative estimate of drug-likeness (QED) is 0.813. The van der Waals surface area contributed by atoms with Gasteiger partial charge in [-0.05, 0) is 54.4 Å². The van der Waals surface area contributed by atoms with Crippen LogP contribution in [0.2, 0.25) is 0 Å². The summed E-state index contributed by atoms with van der Waals surface area (Å²) in [7, 11) is 1.61. The van der Waals surface area contributed by atoms with Gasteiger partial charge in [-0.2, -0.15) is 0 Å². The second-order valence-electron chi connectivity index (χ2n) is 4.48. The summed E-state index contributed by atoms with van der Waals surface area (Å²) in [4.78, 5) is 12.3. The summed E-state index contributed by atoms with van der Waals surface area (Å²) in [6.45, 7) is 3.72. The molecule has 2 rings (SSSR count). The predicted molar refractivity (Wildman–Crippen MR) is 89.0 cm³/mol. The molecule has 3 nitrogen and oxygen atoms in total. The minimum Gasteiger partial charge on any atom is -0.496 e. The third kappa shape index (κ3) is 3.95. The van der Waals surface area contributed by atoms with Gasteiger partial charge in [0.2, 0.25) is 0 Å². The van der Waals surface area contributed by atoms with Gasteiger partial charge in [0.1, 0.15) is 5.75 Å². The SMILES string of the molecule is C=CCc1cc(C(=O)Nc2ccc(Br)cc2)ccc1OC. The molecule has 0 saturated carbocycles. The Morgan fingerprint density at radius 1 is 1.29 bits per heavy atom. The maximum atomic E-state index is 12.3. The molecule has 0 saturated heterocycles. The third-order valence-electron chi connectivity index (χ3n) is 3.01. The van der Waals surface area contributed by atoms with E-state index in [2.05, 4.69) is 27.8 Å². The van der Waals surface area contributed by atoms with Crippen molar-refractivity contribution in [2.75, 3.05) is 12.4 Å². The van der Waals surface area contributed by atoms with Gasteiger partial charge in [-0.1, -0.05) is 22.0 Å². The van der Waals surface area contributed by atoms with Crippen LogP contribution in [-0.2, 0) is 6.42 Å². The van der Waals surface area contributed by atoms with E-state index in [-0.39, 0.29) is 5.91 Å². The number of allylic oxidation sites excluding steroid dienone is 1. The Morgan fingerprint density at radius 2 is 2.00 bits per heavy atom. The van der Waals surface area contributed by atoms with Crippen LogP contribution in [0.25, 0.3) is 0 Å². The first kappa shape index (κ1) is 15.3. The van der Waals surface area contributed by atoms with Crippen molar-refractivity contribution in [3.8, 4) is 5.75 Å². The normalized spacial score (nSPS) is 10.0. The summed E-state index contributed by atoms with van der Waals surface area (Å²) in [6, 6.07) is 12.8. The minimum atomic E-state index is -0.148. The van der Waals surface area contributed by atoms with E-state index in [1.165, 1.54) is 0 Å². The Morgan fingerprint density at radius 3 is 2.62 bits per heavy atom. The number of rotatable bonds is 5. The zero-order chi connectivity index (χ0) is 15.2. The van der Waals surface area contributed by atoms with E-state index in [4.69, 9.17) is 4.74 Å². The van der Waals surface area contributed by atoms with Crippen molar-refractivity contribution in [2.45, 2.75) is 6.42 Å². The number of nitrogens with one attached hydrogen (secondary N) is 1. The first-order valence-electron chi connectivity index (χ1n) is 6.48. The number of benzene rings is 2. The monoisotopic (exact) mass is 345 g/mol. The lowest BCUT2D eigenvalue weighted by Crippen LogP contribution is -2.12. The number of amides is 1. The molecule has 21 heavy (non-hydrogen) atoms. The standard InChI is InChI=1S/C17H16BrNO2/c1-3-4-12-11-13(5-10-16(12)21-2)17(20)19-15-8-6-14(18)7-9-15/h3,5-11H,1,4H2,2H3,(H,19,20). The van der Waals surface area contributed by atoms with Crippen LogP contribution in [0.3, 0.4) is 0 Å². The number of carbonyl (C=O) groups excluding carboxylic acids is 1. The number of carbonyl (C=O) groups is 1. The second-order valence-corrected chi connectivity index (χ2v) is 5.40. The number of hydrogen-bond acceptors (Lipinski definition) is 2. The summed E-state index contributed by atoms with van der Waals surface area (Å²) in [5.74, 6) is 0.611. The van der Waals surface area contributed by atoms with Crippen molar-refractivity contribution in [1.82, 2.24) is 0 Å². The molecule has 0 heterocycles. The number of hydrogen-bond donors (Lipinski definition) is 1. The van der Waals surface area contributed by atoms with Crippen molar-refractivity contribution < 1.29 is 9.53 Å². The summed E-state index contributed by atoms with van der Waals surface area (Å²) < 4.78 is 6.25. The Labute approximate surface area is 132 Å². The van der Waals surface area contributed by atoms with Gasteiger partial charge in [-0.15, -0.1) is 6.58 Å². The zero-order valence-electron chi connectivity index (χ0n) is 11.7. The van der Waals surface area contributed by atoms with Crippen LogP contribution in [0.5, 0.6) is 5.75 Å². The lowest BCUT2D eigenvalue weighted by atomic mass is 10.1. The van der Waals surface area contributed by atoms with Gasteiger partial charge >= 0.3 is 0 Å². The van der Waals surface area contributed by atoms with Crippen molar-refractivity contribution in [2.24, 2.45) is 0 Å². The second kappa shape index (κ2) is 7.09. The summed E-state index contributed by atoms with van der Waals surface area (Å²) in [6.07, 6.45) is 2.44. The molecule has 0 bridgehead atoms. The van der Waals surface area contributed by atoms with Crippen LogP contribution in [0.1, 0.15) is 15.9 Å². The van der Waals surface area contributed by atoms with Crippen LogP contribution >= 0.6 is 15.9 Å². The van der Waals surface area contributed by atoms with Crippen molar-refractivity contribution in [1.29, 1.82) is 0 Å². The molecule has 0 spiro atoms. The Bertz CT molecular complexity index is 650. The van der Waals surface area contributed by atoms with Gasteiger partial charge in [0, 0.05) is 15.7 Å². The van der Waals surface area contributed by atoms with Gasteiger partial charge in [0.05, 0.1) is 7.11 Å². The molecular weight excluding hydrogens is 330 g/mol. The predicted octanol–water partition coefficient (Wildman–Crippen LogP) is 4.44. The average molecular weight is 346 g/mol. The molecule has 0 aliphatic carbocycles. The molecule has 4 heteroatoms. The Hall–Kier alpha value is -2.07. The smallest absolute Gasteiger partial charge is 0.255 e. The first-order valence-corrected chi connectivity index (χ1v) is 7.28. The highest BCUT2D eigenvalue weighted by Gasteiger charge is 2.10. The van der Waals surface area contributed by atoms with Crippen molar-refractivity contribution >= 4 is 27.5 Å². The molecule has 0 aliphatic rings. The number of methoxy groups -OCH3 is 1. The maximum absolute atomic E-state index is 12.3. The van der Waals surface area contributed by atoms with Crippen LogP contribution in [0.4, 0.5) is 5.69 Å². The molecule has 0 fully saturated rings. The molecule has 0 atom stereocenters. The lowest BCUT2D eigenvalue weighted by Gasteiger charge is -2.10. The minimum absolute atomic E-state index is 0.148. The van der Waals surface area contributed by atoms with Gasteiger partial charge in [0.25, 0.3) is 5.91 Å². The lowest BCUT2D eigenvalue weighted by molar-refractivity contribution is 0.102. The van der Waals surface area contributed by atoms with E-state index in [1.807, 2.05) is 30.3 Å². The highest BCUT2D eigenvalue weighted by atomic mass is 79.9. The molecule has 1 amide bonds. The summed E-state index contributed by atoms with van der Waals surface area (Å²) in [5, 5.41) is 2.87. The number of halogens is 1. The van der Waals surface area contributed by atoms with E-state index in [9.17, 15) is 4.79 Å². The molecule has 0 unspecified atom stereocenters. The van der Waals surface area contributed by atoms with Crippen LogP contribution in [-0.4, -0.2) is 13.0 Å². The zero-order valence-corrected chi connectivity index (χ0v) is 13.3. The summed E-state index contributed by atoms with van der Waals surface area (Å²) in [5.41, 5.74) is 2.29. The largest absolute Gasteiger partial charge is 0.496 e. The molecule has 2 aromatic carbocycles. The van der Waals surface area contributed by atoms with Gasteiger partial charge in [0.15, 0.2) is 0 Å². The van der Waals surface area contributed by atoms with E-state index in [0.29, 0.717) is 12.0 Å². The Kier molecular flexibility index (Phi) is 5.17. The Balaban J connectivity index is 2.20. The topological polar surface area (TPSA) is 38.3 Å². The average Bonchev–Trinajstić information content (AvgIpc) is 2.50. The van der Waals surface area contributed by atoms with E-state index in [0.717, 1.165) is 21.5 Å². The molecule has 2 aromatic rings. The summed E-state index contributed by atoms with van der Waals surface area (Å²) >= 11 is 3.36. The molecule has 0 radical (unpaired) electrons. The van der Waals surface area contributed by atoms with E-state index < -0.39 is 0 Å². The molecule has 0 aromatic heterocycles. The highest BCUT2D eigenvalue weighted by molar-refractivity contribution is 9.10. The maximum Gasteiger partial charge on any atom is 0.255 e.